The summed E-state index contributed by atoms with van der Waals surface area (Å²) in [5.74, 6) is -1.21. The lowest BCUT2D eigenvalue weighted by Crippen LogP contribution is -2.32. The van der Waals surface area contributed by atoms with Crippen molar-refractivity contribution in [2.45, 2.75) is 32.7 Å². The average Bonchev–Trinajstić information content (AvgIpc) is 2.43. The predicted octanol–water partition coefficient (Wildman–Crippen LogP) is 1.58. The van der Waals surface area contributed by atoms with Gasteiger partial charge < -0.3 is 5.11 Å². The van der Waals surface area contributed by atoms with Crippen molar-refractivity contribution in [3.63, 3.8) is 0 Å². The molecule has 0 spiro atoms. The number of aromatic carboxylic acids is 1. The fourth-order valence-electron chi connectivity index (χ4n) is 2.23. The molecule has 0 atom stereocenters. The normalized spacial score (nSPS) is 10.8. The van der Waals surface area contributed by atoms with Gasteiger partial charge in [0.1, 0.15) is 0 Å². The van der Waals surface area contributed by atoms with Crippen LogP contribution in [0.15, 0.2) is 27.8 Å². The lowest BCUT2D eigenvalue weighted by Gasteiger charge is -2.11. The van der Waals surface area contributed by atoms with Crippen LogP contribution < -0.4 is 11.0 Å². The fraction of sp³-hybridized carbons (Fsp3) is 0.357. The maximum absolute atomic E-state index is 11.9. The van der Waals surface area contributed by atoms with Crippen LogP contribution in [-0.2, 0) is 6.54 Å². The van der Waals surface area contributed by atoms with Crippen molar-refractivity contribution in [2.75, 3.05) is 0 Å². The van der Waals surface area contributed by atoms with Crippen LogP contribution >= 0.6 is 0 Å². The van der Waals surface area contributed by atoms with E-state index in [1.165, 1.54) is 6.07 Å². The number of H-pyrrole nitrogens is 1. The number of nitrogens with one attached hydrogen (secondary N) is 1. The van der Waals surface area contributed by atoms with E-state index in [4.69, 9.17) is 5.11 Å². The molecule has 2 N–H and O–H groups in total. The summed E-state index contributed by atoms with van der Waals surface area (Å²) in [6.45, 7) is 2.61. The van der Waals surface area contributed by atoms with Crippen molar-refractivity contribution < 1.29 is 9.90 Å². The minimum Gasteiger partial charge on any atom is -0.478 e. The maximum atomic E-state index is 11.9. The molecule has 1 aromatic heterocycles. The van der Waals surface area contributed by atoms with Crippen molar-refractivity contribution in [3.8, 4) is 0 Å². The molecule has 20 heavy (non-hydrogen) atoms. The first-order valence-electron chi connectivity index (χ1n) is 6.55. The molecule has 0 aliphatic carbocycles. The molecule has 1 aromatic carbocycles. The Hall–Kier alpha value is -2.37. The van der Waals surface area contributed by atoms with Crippen LogP contribution in [0, 0.1) is 0 Å². The topological polar surface area (TPSA) is 92.2 Å². The highest BCUT2D eigenvalue weighted by Gasteiger charge is 2.15. The van der Waals surface area contributed by atoms with E-state index in [1.807, 2.05) is 0 Å². The third-order valence-corrected chi connectivity index (χ3v) is 3.22. The molecule has 2 rings (SSSR count). The number of hydrogen-bond donors (Lipinski definition) is 2. The van der Waals surface area contributed by atoms with E-state index < -0.39 is 17.0 Å². The molecule has 0 amide bonds. The van der Waals surface area contributed by atoms with Crippen molar-refractivity contribution in [1.29, 1.82) is 0 Å². The average molecular weight is 276 g/mol. The highest BCUT2D eigenvalue weighted by Crippen LogP contribution is 2.14. The molecular weight excluding hydrogens is 260 g/mol. The van der Waals surface area contributed by atoms with Gasteiger partial charge in [0.15, 0.2) is 0 Å². The maximum Gasteiger partial charge on any atom is 0.336 e. The summed E-state index contributed by atoms with van der Waals surface area (Å²) in [4.78, 5) is 34.8. The van der Waals surface area contributed by atoms with E-state index in [0.717, 1.165) is 19.3 Å². The summed E-state index contributed by atoms with van der Waals surface area (Å²) in [7, 11) is 0. The first-order chi connectivity index (χ1) is 9.56. The zero-order valence-electron chi connectivity index (χ0n) is 11.2. The lowest BCUT2D eigenvalue weighted by atomic mass is 10.1. The highest BCUT2D eigenvalue weighted by atomic mass is 16.4. The van der Waals surface area contributed by atoms with Gasteiger partial charge >= 0.3 is 11.5 Å². The van der Waals surface area contributed by atoms with Crippen molar-refractivity contribution in [2.24, 2.45) is 0 Å². The molecular formula is C14H16N2O4. The van der Waals surface area contributed by atoms with E-state index in [1.54, 1.807) is 16.8 Å². The van der Waals surface area contributed by atoms with Gasteiger partial charge in [-0.15, -0.1) is 0 Å². The Bertz CT molecular complexity index is 758. The number of rotatable bonds is 5. The number of carbonyl (C=O) groups is 1. The number of aryl methyl sites for hydroxylation is 1. The van der Waals surface area contributed by atoms with Crippen LogP contribution in [0.2, 0.25) is 0 Å². The lowest BCUT2D eigenvalue weighted by molar-refractivity contribution is 0.0699. The number of benzene rings is 1. The number of aromatic nitrogens is 2. The van der Waals surface area contributed by atoms with Crippen molar-refractivity contribution in [3.05, 3.63) is 44.3 Å². The van der Waals surface area contributed by atoms with Gasteiger partial charge in [-0.1, -0.05) is 25.8 Å². The quantitative estimate of drug-likeness (QED) is 0.640. The zero-order chi connectivity index (χ0) is 14.7. The SMILES string of the molecule is CCCCCn1[nH]c(=O)c(=O)c2c(C(=O)O)cccc21. The van der Waals surface area contributed by atoms with Crippen LogP contribution in [0.5, 0.6) is 0 Å². The monoisotopic (exact) mass is 276 g/mol. The van der Waals surface area contributed by atoms with E-state index in [2.05, 4.69) is 12.0 Å². The summed E-state index contributed by atoms with van der Waals surface area (Å²) in [5, 5.41) is 11.6. The number of hydrogen-bond acceptors (Lipinski definition) is 3. The second-order valence-corrected chi connectivity index (χ2v) is 4.63. The summed E-state index contributed by atoms with van der Waals surface area (Å²) in [6, 6.07) is 4.55. The molecule has 1 heterocycles. The van der Waals surface area contributed by atoms with Crippen LogP contribution in [-0.4, -0.2) is 20.9 Å². The Labute approximate surface area is 114 Å². The molecule has 106 valence electrons. The molecule has 0 saturated heterocycles. The number of carboxylic acid groups (broad SMARTS) is 1. The first-order valence-corrected chi connectivity index (χ1v) is 6.55. The zero-order valence-corrected chi connectivity index (χ0v) is 11.2. The predicted molar refractivity (Wildman–Crippen MR) is 75.3 cm³/mol. The highest BCUT2D eigenvalue weighted by molar-refractivity contribution is 6.02. The van der Waals surface area contributed by atoms with Crippen LogP contribution in [0.3, 0.4) is 0 Å². The largest absolute Gasteiger partial charge is 0.478 e. The molecule has 0 saturated carbocycles. The summed E-state index contributed by atoms with van der Waals surface area (Å²) in [6.07, 6.45) is 2.87. The minimum absolute atomic E-state index is 0.0275. The molecule has 6 nitrogen and oxygen atoms in total. The minimum atomic E-state index is -1.21. The van der Waals surface area contributed by atoms with Crippen LogP contribution in [0.25, 0.3) is 10.9 Å². The third-order valence-electron chi connectivity index (χ3n) is 3.22. The molecule has 6 heteroatoms. The third kappa shape index (κ3) is 2.49. The molecule has 0 fully saturated rings. The van der Waals surface area contributed by atoms with E-state index in [9.17, 15) is 14.4 Å². The second kappa shape index (κ2) is 5.73. The molecule has 0 unspecified atom stereocenters. The first kappa shape index (κ1) is 14.0. The molecule has 2 aromatic rings. The number of unbranched alkanes of at least 4 members (excludes halogenated alkanes) is 2. The number of carboxylic acids is 1. The number of nitrogens with zero attached hydrogens (tertiary/aromatic N) is 1. The van der Waals surface area contributed by atoms with E-state index in [-0.39, 0.29) is 10.9 Å². The standard InChI is InChI=1S/C14H16N2O4/c1-2-3-4-8-16-10-7-5-6-9(14(19)20)11(10)12(17)13(18)15-16/h5-7H,2-4,8H2,1H3,(H,15,18)(H,19,20). The van der Waals surface area contributed by atoms with E-state index in [0.29, 0.717) is 12.1 Å². The Balaban J connectivity index is 2.70. The van der Waals surface area contributed by atoms with Crippen LogP contribution in [0.1, 0.15) is 36.5 Å². The molecule has 0 aliphatic heterocycles. The Morgan fingerprint density at radius 3 is 2.70 bits per heavy atom. The Kier molecular flexibility index (Phi) is 4.02. The van der Waals surface area contributed by atoms with Gasteiger partial charge in [-0.3, -0.25) is 19.4 Å². The molecule has 0 radical (unpaired) electrons. The van der Waals surface area contributed by atoms with Crippen molar-refractivity contribution >= 4 is 16.9 Å². The van der Waals surface area contributed by atoms with Gasteiger partial charge in [0, 0.05) is 6.54 Å². The molecule has 0 aliphatic rings. The number of fused-ring (bicyclic) bond motifs is 1. The molecule has 0 bridgehead atoms. The van der Waals surface area contributed by atoms with Gasteiger partial charge in [-0.25, -0.2) is 4.79 Å². The van der Waals surface area contributed by atoms with Gasteiger partial charge in [0.05, 0.1) is 16.5 Å². The summed E-state index contributed by atoms with van der Waals surface area (Å²) in [5.41, 5.74) is -1.28. The van der Waals surface area contributed by atoms with Crippen LogP contribution in [0.4, 0.5) is 0 Å². The smallest absolute Gasteiger partial charge is 0.336 e. The van der Waals surface area contributed by atoms with Gasteiger partial charge in [-0.05, 0) is 18.6 Å². The fourth-order valence-corrected chi connectivity index (χ4v) is 2.23. The van der Waals surface area contributed by atoms with Gasteiger partial charge in [0.25, 0.3) is 5.43 Å². The van der Waals surface area contributed by atoms with Gasteiger partial charge in [-0.2, -0.15) is 0 Å². The summed E-state index contributed by atoms with van der Waals surface area (Å²) >= 11 is 0. The number of aromatic amines is 1. The van der Waals surface area contributed by atoms with Crippen molar-refractivity contribution in [1.82, 2.24) is 9.78 Å². The summed E-state index contributed by atoms with van der Waals surface area (Å²) < 4.78 is 1.56. The Morgan fingerprint density at radius 2 is 2.05 bits per heavy atom. The second-order valence-electron chi connectivity index (χ2n) is 4.63. The van der Waals surface area contributed by atoms with E-state index >= 15 is 0 Å². The Morgan fingerprint density at radius 1 is 1.30 bits per heavy atom. The van der Waals surface area contributed by atoms with Gasteiger partial charge in [0.2, 0.25) is 0 Å².